The van der Waals surface area contributed by atoms with Crippen LogP contribution in [0.3, 0.4) is 0 Å². The number of aromatic nitrogens is 5. The van der Waals surface area contributed by atoms with Gasteiger partial charge in [0.2, 0.25) is 0 Å². The minimum Gasteiger partial charge on any atom is -0.494 e. The van der Waals surface area contributed by atoms with E-state index in [1.807, 2.05) is 6.07 Å². The summed E-state index contributed by atoms with van der Waals surface area (Å²) in [6.45, 7) is 4.56. The number of fused-ring (bicyclic) bond motifs is 2. The molecular formula is C44H38F4N8O7. The van der Waals surface area contributed by atoms with Crippen LogP contribution in [0.2, 0.25) is 0 Å². The van der Waals surface area contributed by atoms with Crippen molar-refractivity contribution in [3.63, 3.8) is 0 Å². The highest BCUT2D eigenvalue weighted by atomic mass is 19.1. The van der Waals surface area contributed by atoms with Crippen molar-refractivity contribution in [2.45, 2.75) is 6.54 Å². The van der Waals surface area contributed by atoms with Gasteiger partial charge in [-0.1, -0.05) is 12.1 Å². The first kappa shape index (κ1) is 43.6. The number of aromatic carboxylic acids is 1. The minimum atomic E-state index is -1.22. The van der Waals surface area contributed by atoms with Gasteiger partial charge in [0.25, 0.3) is 5.91 Å². The van der Waals surface area contributed by atoms with Crippen LogP contribution in [0.25, 0.3) is 44.3 Å². The molecule has 1 saturated heterocycles. The molecule has 63 heavy (non-hydrogen) atoms. The molecule has 0 atom stereocenters. The van der Waals surface area contributed by atoms with E-state index in [0.29, 0.717) is 5.69 Å². The number of carbonyl (C=O) groups is 2. The average molecular weight is 867 g/mol. The van der Waals surface area contributed by atoms with Crippen molar-refractivity contribution in [1.82, 2.24) is 35.1 Å². The zero-order chi connectivity index (χ0) is 44.8. The molecule has 1 aliphatic rings. The van der Waals surface area contributed by atoms with Crippen molar-refractivity contribution in [1.29, 1.82) is 0 Å². The normalized spacial score (nSPS) is 12.6. The van der Waals surface area contributed by atoms with E-state index in [1.165, 1.54) is 77.5 Å². The zero-order valence-electron chi connectivity index (χ0n) is 34.1. The van der Waals surface area contributed by atoms with E-state index >= 15 is 8.78 Å². The van der Waals surface area contributed by atoms with Gasteiger partial charge in [0.1, 0.15) is 11.0 Å². The topological polar surface area (TPSA) is 183 Å². The number of carbonyl (C=O) groups excluding carboxylic acids is 1. The maximum atomic E-state index is 15.2. The van der Waals surface area contributed by atoms with Gasteiger partial charge in [-0.05, 0) is 24.3 Å². The second-order valence-corrected chi connectivity index (χ2v) is 13.7. The third kappa shape index (κ3) is 8.82. The highest BCUT2D eigenvalue weighted by Crippen LogP contribution is 2.41. The Bertz CT molecular complexity index is 2790. The second-order valence-electron chi connectivity index (χ2n) is 13.7. The van der Waals surface area contributed by atoms with Gasteiger partial charge in [-0.2, -0.15) is 0 Å². The fraction of sp³-hybridized carbons (Fsp3) is 0.205. The van der Waals surface area contributed by atoms with E-state index < -0.39 is 40.7 Å². The van der Waals surface area contributed by atoms with Crippen molar-refractivity contribution in [2.24, 2.45) is 0 Å². The first-order valence-corrected chi connectivity index (χ1v) is 19.1. The first-order chi connectivity index (χ1) is 30.5. The number of piperazine rings is 1. The van der Waals surface area contributed by atoms with Crippen LogP contribution < -0.4 is 29.6 Å². The van der Waals surface area contributed by atoms with E-state index in [-0.39, 0.29) is 72.9 Å². The number of amides is 1. The van der Waals surface area contributed by atoms with Gasteiger partial charge in [0.15, 0.2) is 46.3 Å². The third-order valence-corrected chi connectivity index (χ3v) is 10.1. The fourth-order valence-electron chi connectivity index (χ4n) is 7.01. The first-order valence-electron chi connectivity index (χ1n) is 19.1. The van der Waals surface area contributed by atoms with Gasteiger partial charge in [-0.25, -0.2) is 22.4 Å². The van der Waals surface area contributed by atoms with E-state index in [1.54, 1.807) is 12.3 Å². The van der Waals surface area contributed by atoms with Gasteiger partial charge < -0.3 is 34.7 Å². The van der Waals surface area contributed by atoms with E-state index in [9.17, 15) is 23.5 Å². The molecule has 4 aromatic carbocycles. The molecule has 15 nitrogen and oxygen atoms in total. The number of ether oxygens (including phenoxy) is 4. The van der Waals surface area contributed by atoms with Crippen molar-refractivity contribution in [3.8, 4) is 45.3 Å². The molecule has 0 unspecified atom stereocenters. The zero-order valence-corrected chi connectivity index (χ0v) is 34.1. The van der Waals surface area contributed by atoms with E-state index in [2.05, 4.69) is 40.5 Å². The van der Waals surface area contributed by atoms with Crippen LogP contribution in [0, 0.1) is 23.3 Å². The molecule has 0 spiro atoms. The molecule has 3 aromatic heterocycles. The molecule has 4 heterocycles. The summed E-state index contributed by atoms with van der Waals surface area (Å²) in [6, 6.07) is 11.3. The van der Waals surface area contributed by atoms with Crippen LogP contribution in [0.4, 0.5) is 23.2 Å². The maximum absolute atomic E-state index is 15.2. The number of carboxylic acid groups (broad SMARTS) is 1. The van der Waals surface area contributed by atoms with Gasteiger partial charge in [-0.15, -0.1) is 0 Å². The number of methoxy groups -OCH3 is 4. The van der Waals surface area contributed by atoms with Crippen LogP contribution in [0.1, 0.15) is 26.4 Å². The van der Waals surface area contributed by atoms with Gasteiger partial charge in [0, 0.05) is 80.8 Å². The number of carboxylic acids is 1. The van der Waals surface area contributed by atoms with Crippen molar-refractivity contribution in [2.75, 3.05) is 59.9 Å². The highest BCUT2D eigenvalue weighted by molar-refractivity contribution is 6.13. The Morgan fingerprint density at radius 3 is 1.51 bits per heavy atom. The van der Waals surface area contributed by atoms with Gasteiger partial charge in [0.05, 0.1) is 79.3 Å². The number of nitrogens with zero attached hydrogens (tertiary/aromatic N) is 6. The fourth-order valence-corrected chi connectivity index (χ4v) is 7.01. The van der Waals surface area contributed by atoms with E-state index in [4.69, 9.17) is 18.9 Å². The maximum Gasteiger partial charge on any atom is 0.337 e. The number of rotatable bonds is 11. The lowest BCUT2D eigenvalue weighted by atomic mass is 9.98. The van der Waals surface area contributed by atoms with Gasteiger partial charge >= 0.3 is 5.97 Å². The molecule has 7 aromatic rings. The molecule has 0 aliphatic carbocycles. The number of benzene rings is 4. The molecule has 3 N–H and O–H groups in total. The molecule has 324 valence electrons. The monoisotopic (exact) mass is 866 g/mol. The molecule has 1 amide bonds. The smallest absolute Gasteiger partial charge is 0.337 e. The molecular weight excluding hydrogens is 829 g/mol. The summed E-state index contributed by atoms with van der Waals surface area (Å²) in [5.41, 5.74) is 1.23. The Balaban J connectivity index is 0.000000206. The van der Waals surface area contributed by atoms with Crippen LogP contribution >= 0.6 is 0 Å². The average Bonchev–Trinajstić information content (AvgIpc) is 3.30. The van der Waals surface area contributed by atoms with Gasteiger partial charge in [-0.3, -0.25) is 34.6 Å². The predicted octanol–water partition coefficient (Wildman–Crippen LogP) is 6.94. The standard InChI is InChI=1S/C27H26F2N6O3.C17H12F2N2O4/c1-37-20-13-21(38-2)24(29)22(23(20)28)18-5-6-19(26-25(18)31-7-8-32-26)27(36)34-16-3-4-17(33-14-16)15-35-11-9-30-10-12-35;1-24-10-7-11(25-2)14(19)12(13(10)18)8-3-4-9(17(22)23)16-15(8)20-5-6-21-16/h3-8,13-14,30H,9-12,15H2,1-2H3,(H,34,36);3-7H,1-2H3,(H,22,23). The van der Waals surface area contributed by atoms with Crippen molar-refractivity contribution in [3.05, 3.63) is 120 Å². The summed E-state index contributed by atoms with van der Waals surface area (Å²) in [7, 11) is 5.03. The number of nitrogens with one attached hydrogen (secondary N) is 2. The quantitative estimate of drug-likeness (QED) is 0.114. The summed E-state index contributed by atoms with van der Waals surface area (Å²) in [5, 5.41) is 15.4. The number of anilines is 1. The molecule has 1 aliphatic heterocycles. The highest BCUT2D eigenvalue weighted by Gasteiger charge is 2.27. The lowest BCUT2D eigenvalue weighted by Crippen LogP contribution is -2.43. The number of halogens is 4. The summed E-state index contributed by atoms with van der Waals surface area (Å²) in [6.07, 6.45) is 7.02. The number of hydrogen-bond acceptors (Lipinski definition) is 13. The Labute approximate surface area is 356 Å². The SMILES string of the molecule is COc1cc(OC)c(F)c(-c2ccc(C(=O)Nc3ccc(CN4CCNCC4)nc3)c3nccnc23)c1F.COc1cc(OC)c(F)c(-c2ccc(C(=O)O)c3nccnc23)c1F. The third-order valence-electron chi connectivity index (χ3n) is 10.1. The molecule has 0 radical (unpaired) electrons. The van der Waals surface area contributed by atoms with Crippen molar-refractivity contribution >= 4 is 39.6 Å². The van der Waals surface area contributed by atoms with Crippen LogP contribution in [-0.4, -0.2) is 101 Å². The van der Waals surface area contributed by atoms with Crippen LogP contribution in [0.15, 0.2) is 79.5 Å². The summed E-state index contributed by atoms with van der Waals surface area (Å²) < 4.78 is 79.9. The lowest BCUT2D eigenvalue weighted by molar-refractivity contribution is 0.0698. The predicted molar refractivity (Wildman–Crippen MR) is 223 cm³/mol. The Morgan fingerprint density at radius 2 is 1.08 bits per heavy atom. The molecule has 19 heteroatoms. The summed E-state index contributed by atoms with van der Waals surface area (Å²) in [4.78, 5) is 48.0. The minimum absolute atomic E-state index is 0.0214. The number of hydrogen-bond donors (Lipinski definition) is 3. The second kappa shape index (κ2) is 19.0. The summed E-state index contributed by atoms with van der Waals surface area (Å²) >= 11 is 0. The van der Waals surface area contributed by atoms with E-state index in [0.717, 1.165) is 50.6 Å². The molecule has 0 saturated carbocycles. The number of pyridine rings is 1. The Kier molecular flexibility index (Phi) is 13.2. The molecule has 0 bridgehead atoms. The summed E-state index contributed by atoms with van der Waals surface area (Å²) in [5.74, 6) is -6.21. The Hall–Kier alpha value is -7.51. The van der Waals surface area contributed by atoms with Crippen LogP contribution in [-0.2, 0) is 6.54 Å². The van der Waals surface area contributed by atoms with Crippen molar-refractivity contribution < 1.29 is 51.2 Å². The van der Waals surface area contributed by atoms with Crippen LogP contribution in [0.5, 0.6) is 23.0 Å². The largest absolute Gasteiger partial charge is 0.494 e. The molecule has 1 fully saturated rings. The lowest BCUT2D eigenvalue weighted by Gasteiger charge is -2.26. The molecule has 8 rings (SSSR count). The Morgan fingerprint density at radius 1 is 0.635 bits per heavy atom.